The normalized spacial score (nSPS) is 18.6. The van der Waals surface area contributed by atoms with E-state index in [9.17, 15) is 14.4 Å². The molecule has 21 heavy (non-hydrogen) atoms. The van der Waals surface area contributed by atoms with Crippen molar-refractivity contribution in [1.29, 1.82) is 0 Å². The fourth-order valence-electron chi connectivity index (χ4n) is 2.17. The van der Waals surface area contributed by atoms with Gasteiger partial charge >= 0.3 is 11.9 Å². The number of carbonyl (C=O) groups excluding carboxylic acids is 2. The summed E-state index contributed by atoms with van der Waals surface area (Å²) in [4.78, 5) is 34.0. The Bertz CT molecular complexity index is 381. The van der Waals surface area contributed by atoms with Gasteiger partial charge in [-0.25, -0.2) is 4.79 Å². The Morgan fingerprint density at radius 3 is 2.38 bits per heavy atom. The molecule has 1 amide bonds. The van der Waals surface area contributed by atoms with Crippen LogP contribution in [0.25, 0.3) is 0 Å². The molecule has 0 bridgehead atoms. The number of amides is 1. The van der Waals surface area contributed by atoms with Gasteiger partial charge in [0.2, 0.25) is 5.91 Å². The number of hydrogen-bond donors (Lipinski definition) is 4. The predicted octanol–water partition coefficient (Wildman–Crippen LogP) is -0.859. The number of carbonyl (C=O) groups is 3. The molecule has 8 heteroatoms. The number of ether oxygens (including phenoxy) is 1. The summed E-state index contributed by atoms with van der Waals surface area (Å²) in [6.07, 6.45) is 3.88. The van der Waals surface area contributed by atoms with E-state index in [-0.39, 0.29) is 6.10 Å². The lowest BCUT2D eigenvalue weighted by atomic mass is 9.98. The van der Waals surface area contributed by atoms with Crippen LogP contribution in [0.2, 0.25) is 0 Å². The van der Waals surface area contributed by atoms with E-state index in [1.54, 1.807) is 0 Å². The number of carboxylic acids is 1. The molecule has 0 spiro atoms. The fourth-order valence-corrected chi connectivity index (χ4v) is 2.17. The zero-order valence-electron chi connectivity index (χ0n) is 11.8. The molecule has 8 nitrogen and oxygen atoms in total. The molecule has 1 aliphatic carbocycles. The average Bonchev–Trinajstić information content (AvgIpc) is 2.44. The lowest BCUT2D eigenvalue weighted by Gasteiger charge is -2.24. The smallest absolute Gasteiger partial charge is 0.331 e. The molecule has 120 valence electrons. The van der Waals surface area contributed by atoms with Crippen LogP contribution < -0.4 is 11.1 Å². The van der Waals surface area contributed by atoms with E-state index in [1.165, 1.54) is 0 Å². The van der Waals surface area contributed by atoms with Crippen molar-refractivity contribution in [3.63, 3.8) is 0 Å². The number of nitrogens with two attached hydrogens (primary N) is 1. The summed E-state index contributed by atoms with van der Waals surface area (Å²) < 4.78 is 5.24. The van der Waals surface area contributed by atoms with Crippen molar-refractivity contribution in [1.82, 2.24) is 5.32 Å². The Balaban J connectivity index is 2.46. The van der Waals surface area contributed by atoms with Crippen molar-refractivity contribution in [2.45, 2.75) is 56.7 Å². The second kappa shape index (κ2) is 8.58. The predicted molar refractivity (Wildman–Crippen MR) is 72.2 cm³/mol. The standard InChI is InChI=1S/C13H22N2O6/c14-9(6-11(17)18)12(19)15-10(7-16)13(20)21-8-4-2-1-3-5-8/h8-10,16H,1-7,14H2,(H,15,19)(H,17,18). The summed E-state index contributed by atoms with van der Waals surface area (Å²) in [6.45, 7) is -0.628. The van der Waals surface area contributed by atoms with Gasteiger partial charge in [-0.1, -0.05) is 6.42 Å². The van der Waals surface area contributed by atoms with Gasteiger partial charge in [0, 0.05) is 0 Å². The number of rotatable bonds is 7. The zero-order chi connectivity index (χ0) is 15.8. The van der Waals surface area contributed by atoms with Crippen molar-refractivity contribution >= 4 is 17.8 Å². The third-order valence-corrected chi connectivity index (χ3v) is 3.35. The highest BCUT2D eigenvalue weighted by molar-refractivity contribution is 5.89. The van der Waals surface area contributed by atoms with Gasteiger partial charge in [0.15, 0.2) is 6.04 Å². The maximum atomic E-state index is 11.9. The Morgan fingerprint density at radius 1 is 1.24 bits per heavy atom. The summed E-state index contributed by atoms with van der Waals surface area (Å²) in [5.41, 5.74) is 5.38. The van der Waals surface area contributed by atoms with Crippen LogP contribution in [0.4, 0.5) is 0 Å². The molecule has 1 aliphatic rings. The van der Waals surface area contributed by atoms with E-state index in [2.05, 4.69) is 5.32 Å². The van der Waals surface area contributed by atoms with E-state index < -0.39 is 43.0 Å². The average molecular weight is 302 g/mol. The van der Waals surface area contributed by atoms with E-state index in [4.69, 9.17) is 20.7 Å². The van der Waals surface area contributed by atoms with Crippen molar-refractivity contribution in [2.75, 3.05) is 6.61 Å². The van der Waals surface area contributed by atoms with Gasteiger partial charge in [0.05, 0.1) is 19.1 Å². The first-order valence-corrected chi connectivity index (χ1v) is 7.03. The maximum absolute atomic E-state index is 11.9. The van der Waals surface area contributed by atoms with Crippen molar-refractivity contribution in [3.8, 4) is 0 Å². The maximum Gasteiger partial charge on any atom is 0.331 e. The fraction of sp³-hybridized carbons (Fsp3) is 0.769. The summed E-state index contributed by atoms with van der Waals surface area (Å²) >= 11 is 0. The number of esters is 1. The molecule has 0 aromatic heterocycles. The van der Waals surface area contributed by atoms with E-state index >= 15 is 0 Å². The second-order valence-electron chi connectivity index (χ2n) is 5.15. The van der Waals surface area contributed by atoms with Crippen molar-refractivity contribution < 1.29 is 29.3 Å². The highest BCUT2D eigenvalue weighted by atomic mass is 16.5. The molecule has 2 unspecified atom stereocenters. The van der Waals surface area contributed by atoms with Crippen LogP contribution in [0.15, 0.2) is 0 Å². The molecule has 0 saturated heterocycles. The highest BCUT2D eigenvalue weighted by Crippen LogP contribution is 2.20. The zero-order valence-corrected chi connectivity index (χ0v) is 11.8. The topological polar surface area (TPSA) is 139 Å². The van der Waals surface area contributed by atoms with Crippen LogP contribution in [-0.4, -0.2) is 52.9 Å². The molecule has 2 atom stereocenters. The Morgan fingerprint density at radius 2 is 1.86 bits per heavy atom. The van der Waals surface area contributed by atoms with Gasteiger partial charge in [-0.2, -0.15) is 0 Å². The number of nitrogens with one attached hydrogen (secondary N) is 1. The number of hydrogen-bond acceptors (Lipinski definition) is 6. The van der Waals surface area contributed by atoms with Gasteiger partial charge in [-0.15, -0.1) is 0 Å². The van der Waals surface area contributed by atoms with Crippen LogP contribution in [0.3, 0.4) is 0 Å². The van der Waals surface area contributed by atoms with Crippen LogP contribution in [0.1, 0.15) is 38.5 Å². The van der Waals surface area contributed by atoms with Gasteiger partial charge in [-0.05, 0) is 25.7 Å². The molecule has 0 radical (unpaired) electrons. The Labute approximate surface area is 122 Å². The molecule has 0 aromatic rings. The summed E-state index contributed by atoms with van der Waals surface area (Å²) in [5.74, 6) is -2.75. The molecule has 5 N–H and O–H groups in total. The molecule has 0 aromatic carbocycles. The first kappa shape index (κ1) is 17.4. The summed E-state index contributed by atoms with van der Waals surface area (Å²) in [5, 5.41) is 19.9. The largest absolute Gasteiger partial charge is 0.481 e. The Kier molecular flexibility index (Phi) is 7.10. The number of aliphatic carboxylic acids is 1. The van der Waals surface area contributed by atoms with Gasteiger partial charge in [0.25, 0.3) is 0 Å². The minimum absolute atomic E-state index is 0.190. The summed E-state index contributed by atoms with van der Waals surface area (Å²) in [6, 6.07) is -2.50. The molecule has 1 rings (SSSR count). The second-order valence-corrected chi connectivity index (χ2v) is 5.15. The minimum Gasteiger partial charge on any atom is -0.481 e. The van der Waals surface area contributed by atoms with Crippen LogP contribution in [0, 0.1) is 0 Å². The lowest BCUT2D eigenvalue weighted by molar-refractivity contribution is -0.155. The van der Waals surface area contributed by atoms with E-state index in [1.807, 2.05) is 0 Å². The minimum atomic E-state index is -1.28. The molecule has 1 saturated carbocycles. The van der Waals surface area contributed by atoms with Gasteiger partial charge in [-0.3, -0.25) is 9.59 Å². The first-order valence-electron chi connectivity index (χ1n) is 7.03. The highest BCUT2D eigenvalue weighted by Gasteiger charge is 2.27. The van der Waals surface area contributed by atoms with Crippen molar-refractivity contribution in [2.24, 2.45) is 5.73 Å². The first-order chi connectivity index (χ1) is 9.93. The summed E-state index contributed by atoms with van der Waals surface area (Å²) in [7, 11) is 0. The number of aliphatic hydroxyl groups excluding tert-OH is 1. The third kappa shape index (κ3) is 6.09. The van der Waals surface area contributed by atoms with E-state index in [0.717, 1.165) is 32.1 Å². The monoisotopic (exact) mass is 302 g/mol. The molecular weight excluding hydrogens is 280 g/mol. The lowest BCUT2D eigenvalue weighted by Crippen LogP contribution is -2.51. The van der Waals surface area contributed by atoms with Crippen LogP contribution in [0.5, 0.6) is 0 Å². The molecule has 1 fully saturated rings. The van der Waals surface area contributed by atoms with Crippen LogP contribution in [-0.2, 0) is 19.1 Å². The Hall–Kier alpha value is -1.67. The molecule has 0 aliphatic heterocycles. The van der Waals surface area contributed by atoms with Crippen molar-refractivity contribution in [3.05, 3.63) is 0 Å². The van der Waals surface area contributed by atoms with Gasteiger partial charge < -0.3 is 26.0 Å². The number of aliphatic hydroxyl groups is 1. The third-order valence-electron chi connectivity index (χ3n) is 3.35. The SMILES string of the molecule is NC(CC(=O)O)C(=O)NC(CO)C(=O)OC1CCCCC1. The molecular formula is C13H22N2O6. The number of carboxylic acid groups (broad SMARTS) is 1. The molecule has 0 heterocycles. The quantitative estimate of drug-likeness (QED) is 0.449. The van der Waals surface area contributed by atoms with Crippen LogP contribution >= 0.6 is 0 Å². The van der Waals surface area contributed by atoms with E-state index in [0.29, 0.717) is 0 Å². The van der Waals surface area contributed by atoms with Gasteiger partial charge in [0.1, 0.15) is 6.10 Å².